The fourth-order valence-corrected chi connectivity index (χ4v) is 2.68. The Morgan fingerprint density at radius 2 is 2.40 bits per heavy atom. The van der Waals surface area contributed by atoms with Crippen molar-refractivity contribution in [1.82, 2.24) is 5.32 Å². The minimum absolute atomic E-state index is 0.0973. The molecule has 15 heavy (non-hydrogen) atoms. The molecule has 2 heterocycles. The fourth-order valence-electron chi connectivity index (χ4n) is 1.86. The van der Waals surface area contributed by atoms with Crippen LogP contribution in [0.3, 0.4) is 0 Å². The molecule has 1 N–H and O–H groups in total. The van der Waals surface area contributed by atoms with Gasteiger partial charge in [-0.05, 0) is 23.8 Å². The molecule has 0 bridgehead atoms. The number of carbonyl (C=O) groups excluding carboxylic acids is 1. The largest absolute Gasteiger partial charge is 0.438 e. The van der Waals surface area contributed by atoms with Crippen LogP contribution < -0.4 is 5.32 Å². The molecule has 0 radical (unpaired) electrons. The van der Waals surface area contributed by atoms with Gasteiger partial charge in [-0.2, -0.15) is 0 Å². The normalized spacial score (nSPS) is 25.4. The Bertz CT molecular complexity index is 334. The van der Waals surface area contributed by atoms with Crippen molar-refractivity contribution in [2.45, 2.75) is 32.4 Å². The molecule has 0 unspecified atom stereocenters. The maximum Gasteiger partial charge on any atom is 0.408 e. The van der Waals surface area contributed by atoms with Crippen LogP contribution in [0.15, 0.2) is 17.5 Å². The Morgan fingerprint density at radius 1 is 1.60 bits per heavy atom. The highest BCUT2D eigenvalue weighted by Gasteiger charge is 2.35. The summed E-state index contributed by atoms with van der Waals surface area (Å²) < 4.78 is 5.28. The van der Waals surface area contributed by atoms with E-state index < -0.39 is 0 Å². The lowest BCUT2D eigenvalue weighted by Crippen LogP contribution is -2.28. The van der Waals surface area contributed by atoms with Crippen LogP contribution in [0.5, 0.6) is 0 Å². The topological polar surface area (TPSA) is 38.3 Å². The van der Waals surface area contributed by atoms with E-state index in [1.807, 2.05) is 17.5 Å². The van der Waals surface area contributed by atoms with Crippen LogP contribution in [-0.4, -0.2) is 12.1 Å². The molecule has 0 aromatic carbocycles. The van der Waals surface area contributed by atoms with Gasteiger partial charge in [0.15, 0.2) is 6.10 Å². The van der Waals surface area contributed by atoms with Crippen molar-refractivity contribution in [3.8, 4) is 0 Å². The van der Waals surface area contributed by atoms with Gasteiger partial charge >= 0.3 is 6.09 Å². The number of nitrogens with one attached hydrogen (secondary N) is 1. The van der Waals surface area contributed by atoms with Crippen molar-refractivity contribution in [3.63, 3.8) is 0 Å². The number of hydrogen-bond acceptors (Lipinski definition) is 3. The van der Waals surface area contributed by atoms with Crippen LogP contribution in [0.2, 0.25) is 0 Å². The molecule has 3 nitrogen and oxygen atoms in total. The predicted molar refractivity (Wildman–Crippen MR) is 59.9 cm³/mol. The van der Waals surface area contributed by atoms with Gasteiger partial charge in [-0.1, -0.05) is 19.9 Å². The van der Waals surface area contributed by atoms with Gasteiger partial charge in [-0.15, -0.1) is 11.3 Å². The Kier molecular flexibility index (Phi) is 2.95. The fraction of sp³-hybridized carbons (Fsp3) is 0.545. The van der Waals surface area contributed by atoms with Crippen LogP contribution in [0.25, 0.3) is 0 Å². The molecule has 1 saturated heterocycles. The quantitative estimate of drug-likeness (QED) is 0.859. The van der Waals surface area contributed by atoms with E-state index in [0.717, 1.165) is 11.3 Å². The molecular formula is C11H15NO2S. The number of cyclic esters (lactones) is 1. The van der Waals surface area contributed by atoms with Gasteiger partial charge in [0.05, 0.1) is 6.04 Å². The minimum atomic E-state index is -0.293. The van der Waals surface area contributed by atoms with Gasteiger partial charge in [-0.25, -0.2) is 4.79 Å². The number of rotatable bonds is 3. The van der Waals surface area contributed by atoms with Crippen LogP contribution in [0.1, 0.15) is 31.2 Å². The summed E-state index contributed by atoms with van der Waals surface area (Å²) in [4.78, 5) is 12.3. The van der Waals surface area contributed by atoms with Crippen LogP contribution in [0.4, 0.5) is 4.79 Å². The smallest absolute Gasteiger partial charge is 0.408 e. The van der Waals surface area contributed by atoms with E-state index in [2.05, 4.69) is 19.2 Å². The van der Waals surface area contributed by atoms with E-state index in [1.165, 1.54) is 0 Å². The number of hydrogen-bond donors (Lipinski definition) is 1. The molecule has 1 aromatic heterocycles. The van der Waals surface area contributed by atoms with Gasteiger partial charge < -0.3 is 10.1 Å². The zero-order valence-corrected chi connectivity index (χ0v) is 9.71. The number of alkyl carbamates (subject to hydrolysis) is 1. The summed E-state index contributed by atoms with van der Waals surface area (Å²) in [5, 5.41) is 4.88. The molecule has 1 fully saturated rings. The van der Waals surface area contributed by atoms with Crippen molar-refractivity contribution in [3.05, 3.63) is 22.4 Å². The highest BCUT2D eigenvalue weighted by Crippen LogP contribution is 2.32. The number of ether oxygens (including phenoxy) is 1. The zero-order chi connectivity index (χ0) is 10.8. The third-order valence-electron chi connectivity index (χ3n) is 2.45. The summed E-state index contributed by atoms with van der Waals surface area (Å²) >= 11 is 1.64. The molecule has 82 valence electrons. The lowest BCUT2D eigenvalue weighted by atomic mass is 9.99. The second-order valence-corrected chi connectivity index (χ2v) is 5.20. The second-order valence-electron chi connectivity index (χ2n) is 4.22. The minimum Gasteiger partial charge on any atom is -0.438 e. The first-order chi connectivity index (χ1) is 7.16. The summed E-state index contributed by atoms with van der Waals surface area (Å²) in [5.41, 5.74) is 0. The number of carbonyl (C=O) groups is 1. The van der Waals surface area contributed by atoms with E-state index in [4.69, 9.17) is 4.74 Å². The average molecular weight is 225 g/mol. The van der Waals surface area contributed by atoms with Crippen molar-refractivity contribution in [2.75, 3.05) is 0 Å². The maximum atomic E-state index is 11.2. The summed E-state index contributed by atoms with van der Waals surface area (Å²) in [6.45, 7) is 4.30. The van der Waals surface area contributed by atoms with Crippen LogP contribution in [0, 0.1) is 5.92 Å². The zero-order valence-electron chi connectivity index (χ0n) is 8.90. The molecule has 1 aromatic rings. The van der Waals surface area contributed by atoms with Gasteiger partial charge in [0.1, 0.15) is 0 Å². The summed E-state index contributed by atoms with van der Waals surface area (Å²) in [7, 11) is 0. The first kappa shape index (κ1) is 10.5. The van der Waals surface area contributed by atoms with Gasteiger partial charge in [-0.3, -0.25) is 0 Å². The highest BCUT2D eigenvalue weighted by molar-refractivity contribution is 7.10. The standard InChI is InChI=1S/C11H15NO2S/c1-7(2)6-8-10(14-11(13)12-8)9-4-3-5-15-9/h3-5,7-8,10H,6H2,1-2H3,(H,12,13)/t8-,10+/m0/s1. The SMILES string of the molecule is CC(C)C[C@@H]1NC(=O)O[C@H]1c1cccs1. The van der Waals surface area contributed by atoms with E-state index >= 15 is 0 Å². The summed E-state index contributed by atoms with van der Waals surface area (Å²) in [5.74, 6) is 0.555. The van der Waals surface area contributed by atoms with E-state index in [9.17, 15) is 4.79 Å². The van der Waals surface area contributed by atoms with Crippen molar-refractivity contribution >= 4 is 17.4 Å². The van der Waals surface area contributed by atoms with Crippen LogP contribution >= 0.6 is 11.3 Å². The average Bonchev–Trinajstić information content (AvgIpc) is 2.72. The maximum absolute atomic E-state index is 11.2. The lowest BCUT2D eigenvalue weighted by Gasteiger charge is -2.17. The molecule has 1 aliphatic rings. The Morgan fingerprint density at radius 3 is 3.00 bits per heavy atom. The van der Waals surface area contributed by atoms with E-state index in [-0.39, 0.29) is 18.2 Å². The summed E-state index contributed by atoms with van der Waals surface area (Å²) in [6.07, 6.45) is 0.563. The monoisotopic (exact) mass is 225 g/mol. The van der Waals surface area contributed by atoms with Crippen molar-refractivity contribution in [2.24, 2.45) is 5.92 Å². The number of amides is 1. The van der Waals surface area contributed by atoms with Crippen molar-refractivity contribution < 1.29 is 9.53 Å². The number of thiophene rings is 1. The molecule has 1 aliphatic heterocycles. The lowest BCUT2D eigenvalue weighted by molar-refractivity contribution is 0.131. The van der Waals surface area contributed by atoms with E-state index in [1.54, 1.807) is 11.3 Å². The summed E-state index contributed by atoms with van der Waals surface area (Å²) in [6, 6.07) is 4.12. The van der Waals surface area contributed by atoms with Crippen LogP contribution in [-0.2, 0) is 4.74 Å². The third-order valence-corrected chi connectivity index (χ3v) is 3.39. The van der Waals surface area contributed by atoms with Gasteiger partial charge in [0, 0.05) is 4.88 Å². The predicted octanol–water partition coefficient (Wildman–Crippen LogP) is 2.94. The molecule has 0 saturated carbocycles. The highest BCUT2D eigenvalue weighted by atomic mass is 32.1. The Balaban J connectivity index is 2.12. The molecule has 2 atom stereocenters. The first-order valence-electron chi connectivity index (χ1n) is 5.17. The molecule has 2 rings (SSSR count). The molecule has 0 spiro atoms. The Labute approximate surface area is 93.4 Å². The second kappa shape index (κ2) is 4.23. The first-order valence-corrected chi connectivity index (χ1v) is 6.05. The molecule has 1 amide bonds. The Hall–Kier alpha value is -1.03. The van der Waals surface area contributed by atoms with Gasteiger partial charge in [0.25, 0.3) is 0 Å². The molecular weight excluding hydrogens is 210 g/mol. The van der Waals surface area contributed by atoms with E-state index in [0.29, 0.717) is 5.92 Å². The molecule has 0 aliphatic carbocycles. The van der Waals surface area contributed by atoms with Crippen molar-refractivity contribution in [1.29, 1.82) is 0 Å². The van der Waals surface area contributed by atoms with Gasteiger partial charge in [0.2, 0.25) is 0 Å². The third kappa shape index (κ3) is 2.31. The molecule has 4 heteroatoms.